The van der Waals surface area contributed by atoms with E-state index in [2.05, 4.69) is 16.7 Å². The van der Waals surface area contributed by atoms with E-state index in [4.69, 9.17) is 4.74 Å². The van der Waals surface area contributed by atoms with Gasteiger partial charge in [0.15, 0.2) is 0 Å². The van der Waals surface area contributed by atoms with Crippen molar-refractivity contribution in [2.75, 3.05) is 5.32 Å². The molecule has 0 spiro atoms. The van der Waals surface area contributed by atoms with Gasteiger partial charge in [-0.1, -0.05) is 49.6 Å². The molecular weight excluding hydrogens is 350 g/mol. The van der Waals surface area contributed by atoms with Crippen LogP contribution in [-0.2, 0) is 11.4 Å². The van der Waals surface area contributed by atoms with E-state index in [1.54, 1.807) is 0 Å². The van der Waals surface area contributed by atoms with Crippen LogP contribution >= 0.6 is 0 Å². The summed E-state index contributed by atoms with van der Waals surface area (Å²) >= 11 is 0. The van der Waals surface area contributed by atoms with Crippen molar-refractivity contribution in [1.29, 1.82) is 5.26 Å². The molecule has 0 heterocycles. The van der Waals surface area contributed by atoms with Crippen molar-refractivity contribution < 1.29 is 9.53 Å². The van der Waals surface area contributed by atoms with Crippen molar-refractivity contribution in [1.82, 2.24) is 5.32 Å². The van der Waals surface area contributed by atoms with Crippen LogP contribution in [0.5, 0.6) is 5.75 Å². The number of nitrogens with one attached hydrogen (secondary N) is 2. The molecular formula is C23H27N3O2. The summed E-state index contributed by atoms with van der Waals surface area (Å²) in [6, 6.07) is 19.5. The van der Waals surface area contributed by atoms with Crippen LogP contribution in [0, 0.1) is 11.3 Å². The summed E-state index contributed by atoms with van der Waals surface area (Å²) < 4.78 is 5.78. The fourth-order valence-electron chi connectivity index (χ4n) is 3.47. The largest absolute Gasteiger partial charge is 0.489 e. The molecule has 3 rings (SSSR count). The summed E-state index contributed by atoms with van der Waals surface area (Å²) in [6.07, 6.45) is 4.57. The minimum atomic E-state index is -0.708. The third kappa shape index (κ3) is 5.26. The van der Waals surface area contributed by atoms with Crippen molar-refractivity contribution in [2.45, 2.75) is 57.2 Å². The summed E-state index contributed by atoms with van der Waals surface area (Å²) in [6.45, 7) is 2.33. The first-order valence-corrected chi connectivity index (χ1v) is 9.87. The molecule has 28 heavy (non-hydrogen) atoms. The highest BCUT2D eigenvalue weighted by atomic mass is 16.5. The fourth-order valence-corrected chi connectivity index (χ4v) is 3.47. The van der Waals surface area contributed by atoms with Crippen molar-refractivity contribution in [3.8, 4) is 11.8 Å². The number of carbonyl (C=O) groups excluding carboxylic acids is 1. The summed E-state index contributed by atoms with van der Waals surface area (Å²) in [7, 11) is 0. The molecule has 0 aromatic heterocycles. The molecule has 0 aliphatic heterocycles. The van der Waals surface area contributed by atoms with Crippen LogP contribution in [0.15, 0.2) is 54.6 Å². The SMILES string of the molecule is C[C@@H](Nc1ccc(OCc2ccccc2)cc1)C(=O)NC1(C#N)CCCCC1. The topological polar surface area (TPSA) is 74.2 Å². The highest BCUT2D eigenvalue weighted by molar-refractivity contribution is 5.85. The maximum atomic E-state index is 12.6. The Kier molecular flexibility index (Phi) is 6.54. The van der Waals surface area contributed by atoms with Crippen LogP contribution < -0.4 is 15.4 Å². The lowest BCUT2D eigenvalue weighted by atomic mass is 9.82. The summed E-state index contributed by atoms with van der Waals surface area (Å²) in [4.78, 5) is 12.6. The third-order valence-electron chi connectivity index (χ3n) is 5.16. The maximum Gasteiger partial charge on any atom is 0.243 e. The quantitative estimate of drug-likeness (QED) is 0.750. The molecule has 1 aliphatic carbocycles. The van der Waals surface area contributed by atoms with Crippen molar-refractivity contribution in [2.24, 2.45) is 0 Å². The van der Waals surface area contributed by atoms with Crippen LogP contribution in [0.2, 0.25) is 0 Å². The predicted molar refractivity (Wildman–Crippen MR) is 110 cm³/mol. The van der Waals surface area contributed by atoms with Gasteiger partial charge in [0.2, 0.25) is 5.91 Å². The molecule has 0 bridgehead atoms. The highest BCUT2D eigenvalue weighted by Crippen LogP contribution is 2.27. The Morgan fingerprint density at radius 2 is 1.79 bits per heavy atom. The number of hydrogen-bond acceptors (Lipinski definition) is 4. The maximum absolute atomic E-state index is 12.6. The van der Waals surface area contributed by atoms with E-state index >= 15 is 0 Å². The van der Waals surface area contributed by atoms with Crippen LogP contribution in [-0.4, -0.2) is 17.5 Å². The third-order valence-corrected chi connectivity index (χ3v) is 5.16. The van der Waals surface area contributed by atoms with Crippen molar-refractivity contribution >= 4 is 11.6 Å². The lowest BCUT2D eigenvalue weighted by molar-refractivity contribution is -0.123. The van der Waals surface area contributed by atoms with Gasteiger partial charge < -0.3 is 15.4 Å². The lowest BCUT2D eigenvalue weighted by Crippen LogP contribution is -2.52. The first kappa shape index (κ1) is 19.8. The van der Waals surface area contributed by atoms with Gasteiger partial charge in [0.25, 0.3) is 0 Å². The normalized spacial score (nSPS) is 16.4. The van der Waals surface area contributed by atoms with E-state index in [0.29, 0.717) is 6.61 Å². The Morgan fingerprint density at radius 3 is 2.43 bits per heavy atom. The molecule has 1 amide bonds. The number of anilines is 1. The molecule has 5 nitrogen and oxygen atoms in total. The number of nitrogens with zero attached hydrogens (tertiary/aromatic N) is 1. The van der Waals surface area contributed by atoms with Gasteiger partial charge >= 0.3 is 0 Å². The second-order valence-corrected chi connectivity index (χ2v) is 7.41. The monoisotopic (exact) mass is 377 g/mol. The van der Waals surface area contributed by atoms with Gasteiger partial charge in [-0.2, -0.15) is 5.26 Å². The van der Waals surface area contributed by atoms with E-state index < -0.39 is 11.6 Å². The van der Waals surface area contributed by atoms with Crippen molar-refractivity contribution in [3.63, 3.8) is 0 Å². The summed E-state index contributed by atoms with van der Waals surface area (Å²) in [5, 5.41) is 15.7. The van der Waals surface area contributed by atoms with Gasteiger partial charge in [0.05, 0.1) is 6.07 Å². The Morgan fingerprint density at radius 1 is 1.11 bits per heavy atom. The molecule has 2 N–H and O–H groups in total. The molecule has 0 unspecified atom stereocenters. The molecule has 0 saturated heterocycles. The molecule has 1 saturated carbocycles. The molecule has 146 valence electrons. The average molecular weight is 377 g/mol. The zero-order chi connectivity index (χ0) is 19.8. The van der Waals surface area contributed by atoms with Gasteiger partial charge in [0, 0.05) is 5.69 Å². The summed E-state index contributed by atoms with van der Waals surface area (Å²) in [5.74, 6) is 0.630. The second kappa shape index (κ2) is 9.27. The molecule has 1 fully saturated rings. The van der Waals surface area contributed by atoms with E-state index in [1.165, 1.54) is 0 Å². The average Bonchev–Trinajstić information content (AvgIpc) is 2.74. The molecule has 1 aliphatic rings. The van der Waals surface area contributed by atoms with E-state index in [-0.39, 0.29) is 5.91 Å². The minimum absolute atomic E-state index is 0.146. The van der Waals surface area contributed by atoms with Gasteiger partial charge in [-0.05, 0) is 49.6 Å². The first-order valence-electron chi connectivity index (χ1n) is 9.87. The predicted octanol–water partition coefficient (Wildman–Crippen LogP) is 4.41. The van der Waals surface area contributed by atoms with Crippen molar-refractivity contribution in [3.05, 3.63) is 60.2 Å². The number of amides is 1. The van der Waals surface area contributed by atoms with Gasteiger partial charge in [-0.25, -0.2) is 0 Å². The van der Waals surface area contributed by atoms with Gasteiger partial charge in [-0.15, -0.1) is 0 Å². The smallest absolute Gasteiger partial charge is 0.243 e. The molecule has 2 aromatic carbocycles. The Balaban J connectivity index is 1.51. The summed E-state index contributed by atoms with van der Waals surface area (Å²) in [5.41, 5.74) is 1.24. The number of rotatable bonds is 7. The van der Waals surface area contributed by atoms with E-state index in [0.717, 1.165) is 49.1 Å². The fraction of sp³-hybridized carbons (Fsp3) is 0.391. The highest BCUT2D eigenvalue weighted by Gasteiger charge is 2.34. The standard InChI is InChI=1S/C23H27N3O2/c1-18(22(27)26-23(17-24)14-6-3-7-15-23)25-20-10-12-21(13-11-20)28-16-19-8-4-2-5-9-19/h2,4-5,8-13,18,25H,3,6-7,14-16H2,1H3,(H,26,27)/t18-/m1/s1. The number of benzene rings is 2. The number of hydrogen-bond donors (Lipinski definition) is 2. The molecule has 5 heteroatoms. The number of carbonyl (C=O) groups is 1. The molecule has 1 atom stereocenters. The van der Waals surface area contributed by atoms with Crippen LogP contribution in [0.1, 0.15) is 44.6 Å². The van der Waals surface area contributed by atoms with Crippen LogP contribution in [0.4, 0.5) is 5.69 Å². The Bertz CT molecular complexity index is 806. The zero-order valence-electron chi connectivity index (χ0n) is 16.3. The Hall–Kier alpha value is -3.00. The minimum Gasteiger partial charge on any atom is -0.489 e. The number of nitriles is 1. The van der Waals surface area contributed by atoms with Crippen LogP contribution in [0.3, 0.4) is 0 Å². The molecule has 2 aromatic rings. The lowest BCUT2D eigenvalue weighted by Gasteiger charge is -2.32. The number of ether oxygens (including phenoxy) is 1. The van der Waals surface area contributed by atoms with E-state index in [1.807, 2.05) is 61.5 Å². The first-order chi connectivity index (χ1) is 13.6. The Labute approximate surface area is 166 Å². The molecule has 0 radical (unpaired) electrons. The zero-order valence-corrected chi connectivity index (χ0v) is 16.3. The van der Waals surface area contributed by atoms with Crippen LogP contribution in [0.25, 0.3) is 0 Å². The van der Waals surface area contributed by atoms with Gasteiger partial charge in [0.1, 0.15) is 23.9 Å². The second-order valence-electron chi connectivity index (χ2n) is 7.41. The van der Waals surface area contributed by atoms with E-state index in [9.17, 15) is 10.1 Å². The van der Waals surface area contributed by atoms with Gasteiger partial charge in [-0.3, -0.25) is 4.79 Å².